The number of halogens is 3. The Morgan fingerprint density at radius 2 is 1.89 bits per heavy atom. The quantitative estimate of drug-likeness (QED) is 0.489. The number of nitrogens with zero attached hydrogens (tertiary/aromatic N) is 8. The lowest BCUT2D eigenvalue weighted by atomic mass is 9.97. The highest BCUT2D eigenvalue weighted by Crippen LogP contribution is 2.33. The van der Waals surface area contributed by atoms with Crippen LogP contribution in [0.1, 0.15) is 48.1 Å². The topological polar surface area (TPSA) is 102 Å². The van der Waals surface area contributed by atoms with Gasteiger partial charge in [0.15, 0.2) is 10.7 Å². The Morgan fingerprint density at radius 1 is 1.14 bits per heavy atom. The fourth-order valence-electron chi connectivity index (χ4n) is 4.95. The zero-order chi connectivity index (χ0) is 25.7. The monoisotopic (exact) mass is 524 g/mol. The van der Waals surface area contributed by atoms with E-state index in [1.807, 2.05) is 0 Å². The van der Waals surface area contributed by atoms with E-state index in [2.05, 4.69) is 24.8 Å². The van der Waals surface area contributed by atoms with Gasteiger partial charge in [-0.05, 0) is 31.4 Å². The van der Waals surface area contributed by atoms with Crippen molar-refractivity contribution in [3.63, 3.8) is 0 Å². The molecule has 1 fully saturated rings. The molecule has 0 radical (unpaired) electrons. The lowest BCUT2D eigenvalue weighted by molar-refractivity contribution is -0.142. The maximum absolute atomic E-state index is 13.3. The molecule has 0 aliphatic carbocycles. The minimum absolute atomic E-state index is 0.0235. The third-order valence-corrected chi connectivity index (χ3v) is 8.54. The maximum Gasteiger partial charge on any atom is 0.435 e. The van der Waals surface area contributed by atoms with Crippen LogP contribution in [-0.2, 0) is 42.8 Å². The fraction of sp³-hybridized carbons (Fsp3) is 0.545. The SMILES string of the molecule is CN(Cc1cn(C)nc1C(F)(F)F)c1cccc(S(=O)(=O)N2CCC(c3nnc4n3CCC4)CC2)n1. The molecule has 0 bridgehead atoms. The molecule has 0 amide bonds. The molecular weight excluding hydrogens is 497 g/mol. The maximum atomic E-state index is 13.3. The van der Waals surface area contributed by atoms with Crippen LogP contribution >= 0.6 is 0 Å². The first-order valence-corrected chi connectivity index (χ1v) is 13.2. The summed E-state index contributed by atoms with van der Waals surface area (Å²) in [7, 11) is -0.881. The van der Waals surface area contributed by atoms with Gasteiger partial charge >= 0.3 is 6.18 Å². The molecule has 0 unspecified atom stereocenters. The number of fused-ring (bicyclic) bond motifs is 1. The average Bonchev–Trinajstić information content (AvgIpc) is 3.55. The minimum Gasteiger partial charge on any atom is -0.355 e. The van der Waals surface area contributed by atoms with Gasteiger partial charge in [-0.3, -0.25) is 4.68 Å². The van der Waals surface area contributed by atoms with E-state index in [0.717, 1.165) is 35.7 Å². The van der Waals surface area contributed by atoms with E-state index < -0.39 is 21.9 Å². The second kappa shape index (κ2) is 9.14. The number of pyridine rings is 1. The highest BCUT2D eigenvalue weighted by atomic mass is 32.2. The van der Waals surface area contributed by atoms with Crippen LogP contribution in [0.25, 0.3) is 0 Å². The number of hydrogen-bond acceptors (Lipinski definition) is 7. The number of rotatable bonds is 6. The zero-order valence-electron chi connectivity index (χ0n) is 20.0. The number of aromatic nitrogens is 6. The Morgan fingerprint density at radius 3 is 2.61 bits per heavy atom. The summed E-state index contributed by atoms with van der Waals surface area (Å²) in [4.78, 5) is 5.77. The van der Waals surface area contributed by atoms with Gasteiger partial charge in [0.1, 0.15) is 17.5 Å². The van der Waals surface area contributed by atoms with Crippen LogP contribution in [0.4, 0.5) is 19.0 Å². The number of hydrogen-bond donors (Lipinski definition) is 0. The van der Waals surface area contributed by atoms with Crippen molar-refractivity contribution in [2.75, 3.05) is 25.0 Å². The van der Waals surface area contributed by atoms with Gasteiger partial charge in [-0.15, -0.1) is 10.2 Å². The number of anilines is 1. The third kappa shape index (κ3) is 4.59. The molecule has 1 saturated heterocycles. The molecule has 0 atom stereocenters. The first-order valence-electron chi connectivity index (χ1n) is 11.7. The molecule has 0 N–H and O–H groups in total. The molecule has 10 nitrogen and oxygen atoms in total. The van der Waals surface area contributed by atoms with E-state index in [1.54, 1.807) is 19.2 Å². The van der Waals surface area contributed by atoms with Crippen molar-refractivity contribution in [1.29, 1.82) is 0 Å². The van der Waals surface area contributed by atoms with Crippen molar-refractivity contribution >= 4 is 15.8 Å². The summed E-state index contributed by atoms with van der Waals surface area (Å²) in [5.41, 5.74) is -0.994. The van der Waals surface area contributed by atoms with Gasteiger partial charge in [0, 0.05) is 64.4 Å². The lowest BCUT2D eigenvalue weighted by Gasteiger charge is -2.30. The molecule has 0 saturated carbocycles. The highest BCUT2D eigenvalue weighted by molar-refractivity contribution is 7.89. The van der Waals surface area contributed by atoms with Gasteiger partial charge < -0.3 is 9.47 Å². The van der Waals surface area contributed by atoms with Crippen LogP contribution in [0, 0.1) is 0 Å². The van der Waals surface area contributed by atoms with Crippen LogP contribution in [0.2, 0.25) is 0 Å². The van der Waals surface area contributed by atoms with E-state index in [9.17, 15) is 21.6 Å². The van der Waals surface area contributed by atoms with Gasteiger partial charge in [0.2, 0.25) is 0 Å². The van der Waals surface area contributed by atoms with Crippen molar-refractivity contribution in [2.24, 2.45) is 7.05 Å². The first kappa shape index (κ1) is 24.7. The van der Waals surface area contributed by atoms with Gasteiger partial charge in [0.05, 0.1) is 0 Å². The van der Waals surface area contributed by atoms with Crippen LogP contribution < -0.4 is 4.90 Å². The zero-order valence-corrected chi connectivity index (χ0v) is 20.8. The number of sulfonamides is 1. The molecule has 3 aromatic heterocycles. The molecule has 0 aromatic carbocycles. The van der Waals surface area contributed by atoms with E-state index in [0.29, 0.717) is 25.9 Å². The first-order chi connectivity index (χ1) is 17.0. The Bertz CT molecular complexity index is 1360. The second-order valence-corrected chi connectivity index (χ2v) is 11.2. The molecule has 2 aliphatic rings. The summed E-state index contributed by atoms with van der Waals surface area (Å²) >= 11 is 0. The van der Waals surface area contributed by atoms with Gasteiger partial charge in [-0.1, -0.05) is 6.07 Å². The molecule has 14 heteroatoms. The number of aryl methyl sites for hydroxylation is 2. The van der Waals surface area contributed by atoms with Gasteiger partial charge in [0.25, 0.3) is 10.0 Å². The van der Waals surface area contributed by atoms with Crippen LogP contribution in [0.3, 0.4) is 0 Å². The van der Waals surface area contributed by atoms with Gasteiger partial charge in [-0.2, -0.15) is 22.6 Å². The molecule has 36 heavy (non-hydrogen) atoms. The molecule has 194 valence electrons. The van der Waals surface area contributed by atoms with E-state index in [4.69, 9.17) is 0 Å². The molecular formula is C22H27F3N8O2S. The van der Waals surface area contributed by atoms with Crippen molar-refractivity contribution in [3.8, 4) is 0 Å². The van der Waals surface area contributed by atoms with Gasteiger partial charge in [-0.25, -0.2) is 13.4 Å². The van der Waals surface area contributed by atoms with Crippen molar-refractivity contribution in [3.05, 3.63) is 47.3 Å². The summed E-state index contributed by atoms with van der Waals surface area (Å²) in [6.07, 6.45) is -0.0330. The Balaban J connectivity index is 1.29. The predicted octanol–water partition coefficient (Wildman–Crippen LogP) is 2.58. The van der Waals surface area contributed by atoms with Crippen molar-refractivity contribution < 1.29 is 21.6 Å². The summed E-state index contributed by atoms with van der Waals surface area (Å²) in [6, 6.07) is 4.53. The average molecular weight is 525 g/mol. The van der Waals surface area contributed by atoms with Crippen molar-refractivity contribution in [1.82, 2.24) is 33.8 Å². The Kier molecular flexibility index (Phi) is 6.27. The summed E-state index contributed by atoms with van der Waals surface area (Å²) < 4.78 is 71.3. The highest BCUT2D eigenvalue weighted by Gasteiger charge is 2.37. The molecule has 5 heterocycles. The molecule has 3 aromatic rings. The minimum atomic E-state index is -4.59. The smallest absolute Gasteiger partial charge is 0.355 e. The number of alkyl halides is 3. The standard InChI is InChI=1S/C22H27F3N8O2S/c1-30(13-16-14-31(2)29-20(16)22(23,24)25)17-5-3-7-19(26-17)36(34,35)32-11-8-15(9-12-32)21-28-27-18-6-4-10-33(18)21/h3,5,7,14-15H,4,6,8-13H2,1-2H3. The second-order valence-electron chi connectivity index (χ2n) is 9.27. The van der Waals surface area contributed by atoms with Crippen LogP contribution in [0.15, 0.2) is 29.4 Å². The van der Waals surface area contributed by atoms with E-state index in [1.165, 1.54) is 28.5 Å². The fourth-order valence-corrected chi connectivity index (χ4v) is 6.37. The number of piperidine rings is 1. The molecule has 0 spiro atoms. The Hall–Kier alpha value is -3.00. The van der Waals surface area contributed by atoms with E-state index in [-0.39, 0.29) is 28.9 Å². The lowest BCUT2D eigenvalue weighted by Crippen LogP contribution is -2.38. The largest absolute Gasteiger partial charge is 0.435 e. The molecule has 5 rings (SSSR count). The summed E-state index contributed by atoms with van der Waals surface area (Å²) in [6.45, 7) is 1.44. The van der Waals surface area contributed by atoms with E-state index >= 15 is 0 Å². The third-order valence-electron chi connectivity index (χ3n) is 6.74. The van der Waals surface area contributed by atoms with Crippen LogP contribution in [-0.4, -0.2) is 62.4 Å². The molecule has 2 aliphatic heterocycles. The summed E-state index contributed by atoms with van der Waals surface area (Å²) in [5, 5.41) is 12.0. The van der Waals surface area contributed by atoms with Crippen LogP contribution in [0.5, 0.6) is 0 Å². The normalized spacial score (nSPS) is 17.5. The summed E-state index contributed by atoms with van der Waals surface area (Å²) in [5.74, 6) is 2.35. The van der Waals surface area contributed by atoms with Crippen molar-refractivity contribution in [2.45, 2.75) is 55.9 Å². The predicted molar refractivity (Wildman–Crippen MR) is 124 cm³/mol. The Labute approximate surface area is 206 Å².